The van der Waals surface area contributed by atoms with Gasteiger partial charge in [-0.05, 0) is 61.8 Å². The number of hydrogen-bond acceptors (Lipinski definition) is 10. The quantitative estimate of drug-likeness (QED) is 0.188. The molecule has 6 rings (SSSR count). The van der Waals surface area contributed by atoms with E-state index < -0.39 is 22.5 Å². The van der Waals surface area contributed by atoms with Gasteiger partial charge in [0, 0.05) is 77.3 Å². The van der Waals surface area contributed by atoms with Crippen LogP contribution in [0.3, 0.4) is 0 Å². The van der Waals surface area contributed by atoms with Crippen molar-refractivity contribution >= 4 is 23.5 Å². The van der Waals surface area contributed by atoms with Crippen LogP contribution in [-0.4, -0.2) is 68.3 Å². The number of nitriles is 2. The summed E-state index contributed by atoms with van der Waals surface area (Å²) in [5.41, 5.74) is 0.342. The number of amides is 2. The average Bonchev–Trinajstić information content (AvgIpc) is 3.23. The molecule has 0 radical (unpaired) electrons. The van der Waals surface area contributed by atoms with Crippen molar-refractivity contribution in [3.63, 3.8) is 0 Å². The van der Waals surface area contributed by atoms with Gasteiger partial charge < -0.3 is 20.4 Å². The highest BCUT2D eigenvalue weighted by atomic mass is 16.2. The van der Waals surface area contributed by atoms with E-state index in [2.05, 4.69) is 22.8 Å². The molecule has 58 heavy (non-hydrogen) atoms. The standard InChI is InChI=1S/C42H48N10O6/c1-47-39(55)21-37(51(41(47)57)25-31-13-5-3-11-29(31)23-43)49-19-9-15-33(27-49)45-35(53)17-7-8-18-36(54)46-34-16-10-20-50(28-34)38-22-40(56)48(2)42(58)52(38)26-32-14-6-4-12-30(32)24-44/h3-6,11-14,21-22,33-34H,7-10,15-20,25-28H2,1-2H3,(H,45,53)(H,46,54)/t33-,34-/m1/s1. The maximum absolute atomic E-state index is 13.3. The Morgan fingerprint density at radius 2 is 1.05 bits per heavy atom. The lowest BCUT2D eigenvalue weighted by Crippen LogP contribution is -2.50. The van der Waals surface area contributed by atoms with Gasteiger partial charge in [-0.1, -0.05) is 36.4 Å². The molecule has 0 bridgehead atoms. The van der Waals surface area contributed by atoms with Gasteiger partial charge in [-0.2, -0.15) is 10.5 Å². The Balaban J connectivity index is 1.00. The highest BCUT2D eigenvalue weighted by molar-refractivity contribution is 5.77. The Kier molecular flexibility index (Phi) is 13.1. The number of hydrogen-bond donors (Lipinski definition) is 2. The first-order valence-corrected chi connectivity index (χ1v) is 19.6. The summed E-state index contributed by atoms with van der Waals surface area (Å²) in [5.74, 6) is 0.597. The summed E-state index contributed by atoms with van der Waals surface area (Å²) in [5, 5.41) is 25.4. The van der Waals surface area contributed by atoms with Crippen LogP contribution in [0, 0.1) is 22.7 Å². The summed E-state index contributed by atoms with van der Waals surface area (Å²) >= 11 is 0. The maximum atomic E-state index is 13.3. The third-order valence-electron chi connectivity index (χ3n) is 11.0. The number of carbonyl (C=O) groups excluding carboxylic acids is 2. The van der Waals surface area contributed by atoms with Crippen LogP contribution in [0.2, 0.25) is 0 Å². The second kappa shape index (κ2) is 18.5. The molecule has 4 heterocycles. The monoisotopic (exact) mass is 788 g/mol. The molecule has 2 N–H and O–H groups in total. The molecular weight excluding hydrogens is 741 g/mol. The van der Waals surface area contributed by atoms with Gasteiger partial charge in [-0.25, -0.2) is 9.59 Å². The molecule has 4 aromatic rings. The molecule has 2 aromatic heterocycles. The van der Waals surface area contributed by atoms with E-state index in [1.165, 1.54) is 35.4 Å². The molecule has 0 spiro atoms. The summed E-state index contributed by atoms with van der Waals surface area (Å²) in [6, 6.07) is 20.8. The van der Waals surface area contributed by atoms with Crippen LogP contribution in [0.25, 0.3) is 0 Å². The van der Waals surface area contributed by atoms with E-state index in [9.17, 15) is 39.3 Å². The first-order chi connectivity index (χ1) is 28.0. The highest BCUT2D eigenvalue weighted by Crippen LogP contribution is 2.22. The first kappa shape index (κ1) is 41.0. The second-order valence-corrected chi connectivity index (χ2v) is 15.0. The van der Waals surface area contributed by atoms with Crippen LogP contribution in [0.5, 0.6) is 0 Å². The molecular formula is C42H48N10O6. The predicted molar refractivity (Wildman–Crippen MR) is 218 cm³/mol. The molecule has 16 heteroatoms. The molecule has 302 valence electrons. The molecule has 2 saturated heterocycles. The summed E-state index contributed by atoms with van der Waals surface area (Å²) in [7, 11) is 2.84. The molecule has 0 unspecified atom stereocenters. The van der Waals surface area contributed by atoms with Crippen LogP contribution in [-0.2, 0) is 36.8 Å². The van der Waals surface area contributed by atoms with Gasteiger partial charge in [0.25, 0.3) is 11.1 Å². The first-order valence-electron chi connectivity index (χ1n) is 19.6. The Morgan fingerprint density at radius 3 is 1.45 bits per heavy atom. The largest absolute Gasteiger partial charge is 0.356 e. The number of nitrogens with one attached hydrogen (secondary N) is 2. The molecule has 2 atom stereocenters. The molecule has 2 aliphatic rings. The van der Waals surface area contributed by atoms with Crippen molar-refractivity contribution in [2.75, 3.05) is 36.0 Å². The average molecular weight is 789 g/mol. The molecule has 2 aromatic carbocycles. The van der Waals surface area contributed by atoms with Crippen molar-refractivity contribution in [1.82, 2.24) is 28.9 Å². The van der Waals surface area contributed by atoms with Crippen molar-refractivity contribution in [3.05, 3.63) is 125 Å². The second-order valence-electron chi connectivity index (χ2n) is 15.0. The van der Waals surface area contributed by atoms with Crippen LogP contribution in [0.15, 0.2) is 79.8 Å². The minimum atomic E-state index is -0.490. The zero-order valence-corrected chi connectivity index (χ0v) is 32.9. The minimum Gasteiger partial charge on any atom is -0.356 e. The number of anilines is 2. The zero-order valence-electron chi connectivity index (χ0n) is 32.9. The van der Waals surface area contributed by atoms with Crippen LogP contribution in [0.1, 0.15) is 73.6 Å². The summed E-state index contributed by atoms with van der Waals surface area (Å²) in [6.45, 7) is 2.21. The van der Waals surface area contributed by atoms with Crippen molar-refractivity contribution < 1.29 is 9.59 Å². The Morgan fingerprint density at radius 1 is 0.655 bits per heavy atom. The highest BCUT2D eigenvalue weighted by Gasteiger charge is 2.27. The SMILES string of the molecule is Cn1c(=O)cc(N2CCC[C@@H](NC(=O)CCCCC(=O)N[C@@H]3CCCN(c4cc(=O)n(C)c(=O)n4Cc4ccccc4C#N)C3)C2)n(Cc2ccccc2C#N)c1=O. The zero-order chi connectivity index (χ0) is 41.3. The van der Waals surface area contributed by atoms with Gasteiger partial charge in [0.15, 0.2) is 0 Å². The maximum Gasteiger partial charge on any atom is 0.332 e. The molecule has 2 aliphatic heterocycles. The van der Waals surface area contributed by atoms with E-state index in [0.717, 1.165) is 34.8 Å². The van der Waals surface area contributed by atoms with E-state index >= 15 is 0 Å². The van der Waals surface area contributed by atoms with Crippen LogP contribution < -0.4 is 42.9 Å². The van der Waals surface area contributed by atoms with E-state index in [1.807, 2.05) is 9.80 Å². The third kappa shape index (κ3) is 9.46. The number of nitrogens with zero attached hydrogens (tertiary/aromatic N) is 8. The fourth-order valence-electron chi connectivity index (χ4n) is 7.79. The minimum absolute atomic E-state index is 0.113. The predicted octanol–water partition coefficient (Wildman–Crippen LogP) is 1.68. The molecule has 16 nitrogen and oxygen atoms in total. The van der Waals surface area contributed by atoms with Crippen LogP contribution in [0.4, 0.5) is 11.6 Å². The Bertz CT molecular complexity index is 2330. The lowest BCUT2D eigenvalue weighted by atomic mass is 10.0. The van der Waals surface area contributed by atoms with E-state index in [4.69, 9.17) is 0 Å². The van der Waals surface area contributed by atoms with E-state index in [1.54, 1.807) is 48.5 Å². The molecule has 0 aliphatic carbocycles. The van der Waals surface area contributed by atoms with Crippen molar-refractivity contribution in [2.24, 2.45) is 14.1 Å². The van der Waals surface area contributed by atoms with Gasteiger partial charge in [0.2, 0.25) is 11.8 Å². The van der Waals surface area contributed by atoms with Gasteiger partial charge >= 0.3 is 11.4 Å². The number of aromatic nitrogens is 4. The summed E-state index contributed by atoms with van der Waals surface area (Å²) in [4.78, 5) is 82.0. The third-order valence-corrected chi connectivity index (χ3v) is 11.0. The number of unbranched alkanes of at least 4 members (excludes halogenated alkanes) is 1. The number of rotatable bonds is 13. The van der Waals surface area contributed by atoms with Gasteiger partial charge in [0.05, 0.1) is 36.4 Å². The lowest BCUT2D eigenvalue weighted by molar-refractivity contribution is -0.123. The Hall–Kier alpha value is -6.68. The summed E-state index contributed by atoms with van der Waals surface area (Å²) < 4.78 is 5.08. The smallest absolute Gasteiger partial charge is 0.332 e. The summed E-state index contributed by atoms with van der Waals surface area (Å²) in [6.07, 6.45) is 4.40. The molecule has 2 fully saturated rings. The fraction of sp³-hybridized carbons (Fsp3) is 0.429. The van der Waals surface area contributed by atoms with Crippen LogP contribution >= 0.6 is 0 Å². The molecule has 0 saturated carbocycles. The van der Waals surface area contributed by atoms with E-state index in [0.29, 0.717) is 72.9 Å². The lowest BCUT2D eigenvalue weighted by Gasteiger charge is -2.36. The van der Waals surface area contributed by atoms with Gasteiger partial charge in [0.1, 0.15) is 11.6 Å². The topological polar surface area (TPSA) is 200 Å². The van der Waals surface area contributed by atoms with Crippen molar-refractivity contribution in [2.45, 2.75) is 76.5 Å². The van der Waals surface area contributed by atoms with Gasteiger partial charge in [-0.15, -0.1) is 0 Å². The Labute approximate surface area is 335 Å². The van der Waals surface area contributed by atoms with Crippen molar-refractivity contribution in [1.29, 1.82) is 10.5 Å². The molecule has 2 amide bonds. The number of benzene rings is 2. The number of carbonyl (C=O) groups is 2. The van der Waals surface area contributed by atoms with Gasteiger partial charge in [-0.3, -0.25) is 37.4 Å². The van der Waals surface area contributed by atoms with E-state index in [-0.39, 0.29) is 49.8 Å². The normalized spacial score (nSPS) is 16.6. The fourth-order valence-corrected chi connectivity index (χ4v) is 7.79. The van der Waals surface area contributed by atoms with Crippen molar-refractivity contribution in [3.8, 4) is 12.1 Å². The number of piperidine rings is 2.